The van der Waals surface area contributed by atoms with Crippen molar-refractivity contribution in [2.45, 2.75) is 37.8 Å². The number of hydrogen-bond donors (Lipinski definition) is 2. The van der Waals surface area contributed by atoms with E-state index >= 15 is 0 Å². The van der Waals surface area contributed by atoms with E-state index < -0.39 is 10.0 Å². The van der Waals surface area contributed by atoms with Crippen LogP contribution >= 0.6 is 22.7 Å². The molecule has 0 saturated carbocycles. The van der Waals surface area contributed by atoms with Crippen LogP contribution < -0.4 is 10.5 Å². The normalized spacial score (nSPS) is 13.6. The van der Waals surface area contributed by atoms with Gasteiger partial charge in [0.2, 0.25) is 10.0 Å². The van der Waals surface area contributed by atoms with Gasteiger partial charge in [-0.05, 0) is 35.7 Å². The molecule has 0 saturated heterocycles. The Morgan fingerprint density at radius 3 is 2.70 bits per heavy atom. The minimum Gasteiger partial charge on any atom is -0.326 e. The first-order chi connectivity index (χ1) is 9.49. The van der Waals surface area contributed by atoms with Crippen LogP contribution in [-0.2, 0) is 16.6 Å². The molecule has 4 nitrogen and oxygen atoms in total. The zero-order chi connectivity index (χ0) is 14.8. The molecule has 2 rings (SSSR count). The van der Waals surface area contributed by atoms with Crippen molar-refractivity contribution in [1.29, 1.82) is 0 Å². The van der Waals surface area contributed by atoms with E-state index in [1.165, 1.54) is 11.3 Å². The Bertz CT molecular complexity index is 660. The second-order valence-corrected chi connectivity index (χ2v) is 8.07. The van der Waals surface area contributed by atoms with Crippen molar-refractivity contribution in [2.24, 2.45) is 5.73 Å². The zero-order valence-electron chi connectivity index (χ0n) is 11.4. The highest BCUT2D eigenvalue weighted by molar-refractivity contribution is 7.89. The summed E-state index contributed by atoms with van der Waals surface area (Å²) in [6, 6.07) is 3.69. The SMILES string of the molecule is CCC(NS(=O)(=O)c1c(C)csc1CN)c1cccs1. The van der Waals surface area contributed by atoms with Gasteiger partial charge in [0, 0.05) is 16.3 Å². The van der Waals surface area contributed by atoms with Crippen LogP contribution in [0.5, 0.6) is 0 Å². The lowest BCUT2D eigenvalue weighted by Crippen LogP contribution is -2.29. The molecule has 2 heterocycles. The highest BCUT2D eigenvalue weighted by Crippen LogP contribution is 2.29. The van der Waals surface area contributed by atoms with Crippen LogP contribution in [0.25, 0.3) is 0 Å². The molecule has 1 atom stereocenters. The third-order valence-electron chi connectivity index (χ3n) is 3.04. The van der Waals surface area contributed by atoms with Crippen molar-refractivity contribution in [1.82, 2.24) is 4.72 Å². The monoisotopic (exact) mass is 330 g/mol. The number of nitrogens with one attached hydrogen (secondary N) is 1. The number of aryl methyl sites for hydroxylation is 1. The molecule has 0 aliphatic carbocycles. The Labute approximate surface area is 127 Å². The van der Waals surface area contributed by atoms with Crippen molar-refractivity contribution in [3.8, 4) is 0 Å². The molecule has 3 N–H and O–H groups in total. The predicted octanol–water partition coefficient (Wildman–Crippen LogP) is 3.01. The molecule has 0 spiro atoms. The number of hydrogen-bond acceptors (Lipinski definition) is 5. The maximum atomic E-state index is 12.6. The first-order valence-corrected chi connectivity index (χ1v) is 9.56. The van der Waals surface area contributed by atoms with Crippen LogP contribution in [0.4, 0.5) is 0 Å². The summed E-state index contributed by atoms with van der Waals surface area (Å²) in [5.74, 6) is 0. The Morgan fingerprint density at radius 2 is 2.15 bits per heavy atom. The molecular weight excluding hydrogens is 312 g/mol. The predicted molar refractivity (Wildman–Crippen MR) is 84.6 cm³/mol. The van der Waals surface area contributed by atoms with Gasteiger partial charge < -0.3 is 5.73 Å². The van der Waals surface area contributed by atoms with Crippen molar-refractivity contribution in [3.63, 3.8) is 0 Å². The molecule has 0 radical (unpaired) electrons. The molecule has 0 aliphatic heterocycles. The van der Waals surface area contributed by atoms with E-state index in [9.17, 15) is 8.42 Å². The fraction of sp³-hybridized carbons (Fsp3) is 0.385. The van der Waals surface area contributed by atoms with E-state index in [1.807, 2.05) is 29.8 Å². The van der Waals surface area contributed by atoms with E-state index in [0.717, 1.165) is 10.4 Å². The molecule has 0 bridgehead atoms. The molecule has 0 aliphatic rings. The van der Waals surface area contributed by atoms with Crippen LogP contribution in [0.3, 0.4) is 0 Å². The summed E-state index contributed by atoms with van der Waals surface area (Å²) >= 11 is 2.95. The highest BCUT2D eigenvalue weighted by Gasteiger charge is 2.26. The smallest absolute Gasteiger partial charge is 0.242 e. The molecule has 1 unspecified atom stereocenters. The third kappa shape index (κ3) is 3.12. The van der Waals surface area contributed by atoms with Gasteiger partial charge in [0.05, 0.1) is 6.04 Å². The Morgan fingerprint density at radius 1 is 1.40 bits per heavy atom. The molecule has 0 fully saturated rings. The lowest BCUT2D eigenvalue weighted by Gasteiger charge is -2.16. The summed E-state index contributed by atoms with van der Waals surface area (Å²) in [4.78, 5) is 2.08. The van der Waals surface area contributed by atoms with Gasteiger partial charge in [-0.1, -0.05) is 13.0 Å². The van der Waals surface area contributed by atoms with Crippen molar-refractivity contribution < 1.29 is 8.42 Å². The largest absolute Gasteiger partial charge is 0.326 e. The van der Waals surface area contributed by atoms with Gasteiger partial charge in [-0.2, -0.15) is 0 Å². The number of sulfonamides is 1. The lowest BCUT2D eigenvalue weighted by atomic mass is 10.2. The minimum absolute atomic E-state index is 0.190. The molecule has 110 valence electrons. The Hall–Kier alpha value is -0.730. The van der Waals surface area contributed by atoms with Crippen LogP contribution in [-0.4, -0.2) is 8.42 Å². The van der Waals surface area contributed by atoms with E-state index in [1.54, 1.807) is 18.3 Å². The van der Waals surface area contributed by atoms with Gasteiger partial charge in [-0.15, -0.1) is 22.7 Å². The van der Waals surface area contributed by atoms with Crippen molar-refractivity contribution in [2.75, 3.05) is 0 Å². The van der Waals surface area contributed by atoms with Gasteiger partial charge >= 0.3 is 0 Å². The van der Waals surface area contributed by atoms with Crippen LogP contribution in [0.2, 0.25) is 0 Å². The summed E-state index contributed by atoms with van der Waals surface area (Å²) in [6.07, 6.45) is 0.709. The Balaban J connectivity index is 2.33. The molecule has 0 amide bonds. The van der Waals surface area contributed by atoms with Gasteiger partial charge in [0.25, 0.3) is 0 Å². The van der Waals surface area contributed by atoms with E-state index in [-0.39, 0.29) is 12.6 Å². The minimum atomic E-state index is -3.54. The standard InChI is InChI=1S/C13H18N2O2S3/c1-3-10(11-5-4-6-18-11)15-20(16,17)13-9(2)8-19-12(13)7-14/h4-6,8,10,15H,3,7,14H2,1-2H3. The zero-order valence-corrected chi connectivity index (χ0v) is 13.9. The summed E-state index contributed by atoms with van der Waals surface area (Å²) in [5, 5.41) is 3.79. The first kappa shape index (κ1) is 15.7. The lowest BCUT2D eigenvalue weighted by molar-refractivity contribution is 0.552. The average Bonchev–Trinajstić information content (AvgIpc) is 3.05. The average molecular weight is 330 g/mol. The molecular formula is C13H18N2O2S3. The van der Waals surface area contributed by atoms with Crippen LogP contribution in [0.1, 0.15) is 34.7 Å². The number of rotatable bonds is 6. The fourth-order valence-electron chi connectivity index (χ4n) is 2.07. The van der Waals surface area contributed by atoms with Gasteiger partial charge in [0.1, 0.15) is 4.90 Å². The highest BCUT2D eigenvalue weighted by atomic mass is 32.2. The summed E-state index contributed by atoms with van der Waals surface area (Å²) < 4.78 is 28.0. The maximum absolute atomic E-state index is 12.6. The summed E-state index contributed by atoms with van der Waals surface area (Å²) in [6.45, 7) is 4.01. The number of thiophene rings is 2. The van der Waals surface area contributed by atoms with E-state index in [4.69, 9.17) is 5.73 Å². The number of nitrogens with two attached hydrogens (primary N) is 1. The molecule has 2 aromatic heterocycles. The van der Waals surface area contributed by atoms with Crippen LogP contribution in [0.15, 0.2) is 27.8 Å². The summed E-state index contributed by atoms with van der Waals surface area (Å²) in [5.41, 5.74) is 6.39. The molecule has 7 heteroatoms. The Kier molecular flexibility index (Phi) is 4.98. The third-order valence-corrected chi connectivity index (χ3v) is 6.98. The second-order valence-electron chi connectivity index (χ2n) is 4.47. The summed E-state index contributed by atoms with van der Waals surface area (Å²) in [7, 11) is -3.54. The van der Waals surface area contributed by atoms with Crippen LogP contribution in [0, 0.1) is 6.92 Å². The van der Waals surface area contributed by atoms with Gasteiger partial charge in [-0.3, -0.25) is 0 Å². The first-order valence-electron chi connectivity index (χ1n) is 6.32. The van der Waals surface area contributed by atoms with Crippen molar-refractivity contribution >= 4 is 32.7 Å². The van der Waals surface area contributed by atoms with E-state index in [2.05, 4.69) is 4.72 Å². The van der Waals surface area contributed by atoms with E-state index in [0.29, 0.717) is 16.2 Å². The van der Waals surface area contributed by atoms with Gasteiger partial charge in [-0.25, -0.2) is 13.1 Å². The van der Waals surface area contributed by atoms with Gasteiger partial charge in [0.15, 0.2) is 0 Å². The van der Waals surface area contributed by atoms with Crippen molar-refractivity contribution in [3.05, 3.63) is 38.2 Å². The molecule has 20 heavy (non-hydrogen) atoms. The topological polar surface area (TPSA) is 72.2 Å². The quantitative estimate of drug-likeness (QED) is 0.855. The molecule has 2 aromatic rings. The maximum Gasteiger partial charge on any atom is 0.242 e. The second kappa shape index (κ2) is 6.36. The fourth-order valence-corrected chi connectivity index (χ4v) is 6.00. The molecule has 0 aromatic carbocycles.